The van der Waals surface area contributed by atoms with Crippen molar-refractivity contribution in [2.45, 2.75) is 109 Å². The number of carbonyl (C=O) groups is 3. The van der Waals surface area contributed by atoms with Crippen molar-refractivity contribution in [2.75, 3.05) is 19.8 Å². The third-order valence-electron chi connectivity index (χ3n) is 9.76. The third kappa shape index (κ3) is 8.00. The predicted molar refractivity (Wildman–Crippen MR) is 140 cm³/mol. The van der Waals surface area contributed by atoms with Crippen LogP contribution in [-0.2, 0) is 14.3 Å². The van der Waals surface area contributed by atoms with Crippen molar-refractivity contribution in [1.82, 2.24) is 10.6 Å². The fraction of sp³-hybridized carbons (Fsp3) is 0.897. The molecule has 0 aromatic rings. The van der Waals surface area contributed by atoms with E-state index in [1.807, 2.05) is 0 Å². The van der Waals surface area contributed by atoms with E-state index < -0.39 is 24.2 Å². The molecule has 2 amide bonds. The van der Waals surface area contributed by atoms with Gasteiger partial charge in [-0.15, -0.1) is 0 Å². The maximum absolute atomic E-state index is 12.5. The second-order valence-electron chi connectivity index (χ2n) is 12.0. The summed E-state index contributed by atoms with van der Waals surface area (Å²) >= 11 is 0. The standard InChI is InChI=1S/C29H48N2O6/c32-27(33)26(16-8-9-17-30-28(34)36-18-20-10-2-1-3-11-20)31-29(35)37-19-25-23-14-6-4-12-21(23)22-13-5-7-15-24(22)25/h20-26H,1-19H2,(H,30,34)(H,31,35)(H,32,33). The first-order chi connectivity index (χ1) is 18.0. The fourth-order valence-electron chi connectivity index (χ4n) is 7.94. The molecule has 0 spiro atoms. The first-order valence-electron chi connectivity index (χ1n) is 15.1. The zero-order valence-corrected chi connectivity index (χ0v) is 22.5. The summed E-state index contributed by atoms with van der Waals surface area (Å²) < 4.78 is 11.0. The number of unbranched alkanes of at least 4 members (excludes halogenated alkanes) is 1. The van der Waals surface area contributed by atoms with E-state index in [9.17, 15) is 19.5 Å². The SMILES string of the molecule is O=C(NCCCCC(NC(=O)OCC1C2CCCCC2C2CCCCC21)C(=O)O)OCC1CCCCC1. The fourth-order valence-corrected chi connectivity index (χ4v) is 7.94. The highest BCUT2D eigenvalue weighted by molar-refractivity contribution is 5.79. The van der Waals surface area contributed by atoms with Gasteiger partial charge in [0.2, 0.25) is 0 Å². The summed E-state index contributed by atoms with van der Waals surface area (Å²) in [5, 5.41) is 14.9. The van der Waals surface area contributed by atoms with Gasteiger partial charge in [0.15, 0.2) is 0 Å². The quantitative estimate of drug-likeness (QED) is 0.293. The number of alkyl carbamates (subject to hydrolysis) is 2. The molecule has 5 unspecified atom stereocenters. The van der Waals surface area contributed by atoms with Crippen LogP contribution < -0.4 is 10.6 Å². The maximum atomic E-state index is 12.5. The van der Waals surface area contributed by atoms with E-state index in [-0.39, 0.29) is 0 Å². The summed E-state index contributed by atoms with van der Waals surface area (Å²) in [6.07, 6.45) is 16.7. The number of nitrogens with one attached hydrogen (secondary N) is 2. The van der Waals surface area contributed by atoms with Gasteiger partial charge in [-0.2, -0.15) is 0 Å². The number of aliphatic carboxylic acids is 1. The molecular formula is C29H48N2O6. The Balaban J connectivity index is 1.12. The molecule has 0 aromatic heterocycles. The van der Waals surface area contributed by atoms with Crippen molar-refractivity contribution >= 4 is 18.2 Å². The second-order valence-corrected chi connectivity index (χ2v) is 12.0. The van der Waals surface area contributed by atoms with E-state index in [1.165, 1.54) is 70.6 Å². The van der Waals surface area contributed by atoms with Crippen molar-refractivity contribution in [3.8, 4) is 0 Å². The van der Waals surface area contributed by atoms with Crippen molar-refractivity contribution in [3.63, 3.8) is 0 Å². The molecule has 0 saturated heterocycles. The lowest BCUT2D eigenvalue weighted by molar-refractivity contribution is -0.139. The number of carboxylic acids is 1. The molecule has 0 aromatic carbocycles. The van der Waals surface area contributed by atoms with Crippen LogP contribution in [0.1, 0.15) is 103 Å². The lowest BCUT2D eigenvalue weighted by Crippen LogP contribution is -2.42. The average molecular weight is 521 g/mol. The van der Waals surface area contributed by atoms with Gasteiger partial charge in [0, 0.05) is 6.54 Å². The van der Waals surface area contributed by atoms with Crippen LogP contribution >= 0.6 is 0 Å². The summed E-state index contributed by atoms with van der Waals surface area (Å²) in [5.41, 5.74) is 0. The molecular weight excluding hydrogens is 472 g/mol. The molecule has 5 atom stereocenters. The number of ether oxygens (including phenoxy) is 2. The van der Waals surface area contributed by atoms with E-state index in [2.05, 4.69) is 10.6 Å². The Morgan fingerprint density at radius 1 is 0.703 bits per heavy atom. The molecule has 0 radical (unpaired) electrons. The highest BCUT2D eigenvalue weighted by Gasteiger charge is 2.51. The number of carboxylic acid groups (broad SMARTS) is 1. The topological polar surface area (TPSA) is 114 Å². The Morgan fingerprint density at radius 3 is 1.89 bits per heavy atom. The molecule has 8 heteroatoms. The summed E-state index contributed by atoms with van der Waals surface area (Å²) in [6.45, 7) is 1.31. The summed E-state index contributed by atoms with van der Waals surface area (Å²) in [6, 6.07) is -0.987. The molecule has 4 fully saturated rings. The van der Waals surface area contributed by atoms with Crippen LogP contribution in [0.4, 0.5) is 9.59 Å². The van der Waals surface area contributed by atoms with Crippen LogP contribution in [0.2, 0.25) is 0 Å². The van der Waals surface area contributed by atoms with E-state index in [0.29, 0.717) is 62.7 Å². The van der Waals surface area contributed by atoms with E-state index in [0.717, 1.165) is 24.7 Å². The average Bonchev–Trinajstić information content (AvgIpc) is 3.24. The smallest absolute Gasteiger partial charge is 0.407 e. The summed E-state index contributed by atoms with van der Waals surface area (Å²) in [7, 11) is 0. The first-order valence-corrected chi connectivity index (χ1v) is 15.1. The van der Waals surface area contributed by atoms with Gasteiger partial charge >= 0.3 is 18.2 Å². The highest BCUT2D eigenvalue weighted by atomic mass is 16.6. The largest absolute Gasteiger partial charge is 0.480 e. The van der Waals surface area contributed by atoms with E-state index in [1.54, 1.807) is 0 Å². The van der Waals surface area contributed by atoms with Gasteiger partial charge in [-0.1, -0.05) is 44.9 Å². The van der Waals surface area contributed by atoms with Gasteiger partial charge in [0.1, 0.15) is 6.04 Å². The molecule has 210 valence electrons. The van der Waals surface area contributed by atoms with Crippen LogP contribution in [0.3, 0.4) is 0 Å². The van der Waals surface area contributed by atoms with E-state index >= 15 is 0 Å². The Bertz CT molecular complexity index is 733. The van der Waals surface area contributed by atoms with Crippen LogP contribution in [0, 0.1) is 35.5 Å². The Hall–Kier alpha value is -1.99. The molecule has 37 heavy (non-hydrogen) atoms. The zero-order chi connectivity index (χ0) is 26.0. The number of amides is 2. The van der Waals surface area contributed by atoms with Gasteiger partial charge in [0.25, 0.3) is 0 Å². The van der Waals surface area contributed by atoms with Gasteiger partial charge in [-0.05, 0) is 93.3 Å². The lowest BCUT2D eigenvalue weighted by Gasteiger charge is -2.32. The molecule has 4 rings (SSSR count). The van der Waals surface area contributed by atoms with Crippen LogP contribution in [-0.4, -0.2) is 49.1 Å². The van der Waals surface area contributed by atoms with Crippen LogP contribution in [0.25, 0.3) is 0 Å². The predicted octanol–water partition coefficient (Wildman–Crippen LogP) is 5.89. The van der Waals surface area contributed by atoms with Gasteiger partial charge in [-0.25, -0.2) is 14.4 Å². The number of rotatable bonds is 11. The zero-order valence-electron chi connectivity index (χ0n) is 22.5. The second kappa shape index (κ2) is 14.2. The molecule has 0 aliphatic heterocycles. The Labute approximate surface area is 222 Å². The van der Waals surface area contributed by atoms with Gasteiger partial charge in [-0.3, -0.25) is 0 Å². The van der Waals surface area contributed by atoms with Crippen molar-refractivity contribution < 1.29 is 29.0 Å². The third-order valence-corrected chi connectivity index (χ3v) is 9.76. The molecule has 4 saturated carbocycles. The number of hydrogen-bond acceptors (Lipinski definition) is 5. The minimum absolute atomic E-state index is 0.294. The maximum Gasteiger partial charge on any atom is 0.407 e. The van der Waals surface area contributed by atoms with Crippen molar-refractivity contribution in [3.05, 3.63) is 0 Å². The Morgan fingerprint density at radius 2 is 1.27 bits per heavy atom. The molecule has 4 aliphatic rings. The molecule has 4 aliphatic carbocycles. The van der Waals surface area contributed by atoms with Crippen molar-refractivity contribution in [1.29, 1.82) is 0 Å². The summed E-state index contributed by atoms with van der Waals surface area (Å²) in [4.78, 5) is 36.2. The minimum Gasteiger partial charge on any atom is -0.480 e. The minimum atomic E-state index is -1.06. The number of carbonyl (C=O) groups excluding carboxylic acids is 2. The summed E-state index contributed by atoms with van der Waals surface area (Å²) in [5.74, 6) is 2.74. The van der Waals surface area contributed by atoms with Gasteiger partial charge < -0.3 is 25.2 Å². The molecule has 0 bridgehead atoms. The van der Waals surface area contributed by atoms with Gasteiger partial charge in [0.05, 0.1) is 13.2 Å². The molecule has 3 N–H and O–H groups in total. The number of hydrogen-bond donors (Lipinski definition) is 3. The number of fused-ring (bicyclic) bond motifs is 3. The molecule has 0 heterocycles. The van der Waals surface area contributed by atoms with Crippen LogP contribution in [0.15, 0.2) is 0 Å². The molecule has 8 nitrogen and oxygen atoms in total. The van der Waals surface area contributed by atoms with E-state index in [4.69, 9.17) is 9.47 Å². The normalized spacial score (nSPS) is 30.4. The lowest BCUT2D eigenvalue weighted by atomic mass is 9.73. The monoisotopic (exact) mass is 520 g/mol. The van der Waals surface area contributed by atoms with Crippen LogP contribution in [0.5, 0.6) is 0 Å². The highest BCUT2D eigenvalue weighted by Crippen LogP contribution is 2.57. The first kappa shape index (κ1) is 28.0. The van der Waals surface area contributed by atoms with Crippen molar-refractivity contribution in [2.24, 2.45) is 35.5 Å². The Kier molecular flexibility index (Phi) is 10.8.